The maximum absolute atomic E-state index is 2.67. The van der Waals surface area contributed by atoms with Gasteiger partial charge < -0.3 is 9.47 Å². The van der Waals surface area contributed by atoms with Crippen molar-refractivity contribution in [1.82, 2.24) is 14.4 Å². The lowest BCUT2D eigenvalue weighted by Crippen LogP contribution is -2.47. The topological polar surface area (TPSA) is 11.4 Å². The zero-order valence-electron chi connectivity index (χ0n) is 18.7. The lowest BCUT2D eigenvalue weighted by molar-refractivity contribution is 0.138. The van der Waals surface area contributed by atoms with Gasteiger partial charge in [-0.3, -0.25) is 4.90 Å². The van der Waals surface area contributed by atoms with Crippen molar-refractivity contribution in [3.8, 4) is 0 Å². The van der Waals surface area contributed by atoms with Crippen LogP contribution in [0.25, 0.3) is 21.8 Å². The second-order valence-corrected chi connectivity index (χ2v) is 9.16. The first-order chi connectivity index (χ1) is 15.4. The molecular weight excluding hydrogens is 378 g/mol. The molecule has 0 spiro atoms. The highest BCUT2D eigenvalue weighted by atomic mass is 15.3. The number of fused-ring (bicyclic) bond motifs is 3. The van der Waals surface area contributed by atoms with Crippen LogP contribution < -0.4 is 0 Å². The Morgan fingerprint density at radius 1 is 0.677 bits per heavy atom. The highest BCUT2D eigenvalue weighted by Gasteiger charge is 2.17. The molecular formula is C28H35N3. The number of aromatic nitrogens is 1. The zero-order valence-corrected chi connectivity index (χ0v) is 18.7. The van der Waals surface area contributed by atoms with Crippen LogP contribution in [0.5, 0.6) is 0 Å². The normalized spacial score (nSPS) is 18.1. The third-order valence-electron chi connectivity index (χ3n) is 7.03. The van der Waals surface area contributed by atoms with E-state index in [1.807, 2.05) is 0 Å². The Kier molecular flexibility index (Phi) is 6.52. The van der Waals surface area contributed by atoms with E-state index >= 15 is 0 Å². The monoisotopic (exact) mass is 413 g/mol. The Labute approximate surface area is 186 Å². The van der Waals surface area contributed by atoms with Gasteiger partial charge in [-0.15, -0.1) is 0 Å². The fourth-order valence-corrected chi connectivity index (χ4v) is 5.27. The number of aryl methyl sites for hydroxylation is 1. The Morgan fingerprint density at radius 2 is 1.32 bits per heavy atom. The first-order valence-corrected chi connectivity index (χ1v) is 12.1. The summed E-state index contributed by atoms with van der Waals surface area (Å²) in [6.45, 7) is 8.46. The van der Waals surface area contributed by atoms with E-state index in [9.17, 15) is 0 Å². The van der Waals surface area contributed by atoms with Gasteiger partial charge in [-0.25, -0.2) is 0 Å². The van der Waals surface area contributed by atoms with Crippen molar-refractivity contribution in [1.29, 1.82) is 0 Å². The lowest BCUT2D eigenvalue weighted by Gasteiger charge is -2.35. The van der Waals surface area contributed by atoms with Gasteiger partial charge in [-0.1, -0.05) is 66.6 Å². The Morgan fingerprint density at radius 3 is 2.00 bits per heavy atom. The van der Waals surface area contributed by atoms with Crippen LogP contribution >= 0.6 is 0 Å². The molecule has 3 nitrogen and oxygen atoms in total. The zero-order chi connectivity index (χ0) is 20.9. The van der Waals surface area contributed by atoms with Gasteiger partial charge in [0.15, 0.2) is 0 Å². The molecule has 0 N–H and O–H groups in total. The number of unbranched alkanes of at least 4 members (excludes halogenated alkanes) is 2. The van der Waals surface area contributed by atoms with Crippen LogP contribution in [0, 0.1) is 0 Å². The summed E-state index contributed by atoms with van der Waals surface area (Å²) in [5.41, 5.74) is 4.37. The molecule has 2 aromatic carbocycles. The number of piperazine rings is 1. The van der Waals surface area contributed by atoms with Crippen molar-refractivity contribution >= 4 is 21.8 Å². The number of allylic oxidation sites excluding steroid dienone is 3. The molecule has 0 unspecified atom stereocenters. The fourth-order valence-electron chi connectivity index (χ4n) is 5.27. The summed E-state index contributed by atoms with van der Waals surface area (Å²) in [6, 6.07) is 17.7. The van der Waals surface area contributed by atoms with E-state index in [0.717, 1.165) is 6.54 Å². The molecule has 0 radical (unpaired) electrons. The lowest BCUT2D eigenvalue weighted by atomic mass is 10.0. The van der Waals surface area contributed by atoms with Gasteiger partial charge in [0.1, 0.15) is 0 Å². The molecule has 162 valence electrons. The molecule has 0 bridgehead atoms. The predicted octanol–water partition coefficient (Wildman–Crippen LogP) is 5.86. The van der Waals surface area contributed by atoms with Gasteiger partial charge in [0.2, 0.25) is 0 Å². The van der Waals surface area contributed by atoms with Crippen LogP contribution in [0.2, 0.25) is 0 Å². The number of hydrogen-bond acceptors (Lipinski definition) is 2. The summed E-state index contributed by atoms with van der Waals surface area (Å²) < 4.78 is 2.53. The van der Waals surface area contributed by atoms with Gasteiger partial charge >= 0.3 is 0 Å². The van der Waals surface area contributed by atoms with E-state index in [1.165, 1.54) is 93.2 Å². The molecule has 0 saturated carbocycles. The van der Waals surface area contributed by atoms with E-state index in [1.54, 1.807) is 5.57 Å². The number of rotatable bonds is 8. The van der Waals surface area contributed by atoms with Crippen LogP contribution in [0.15, 0.2) is 72.3 Å². The molecule has 3 aromatic rings. The maximum Gasteiger partial charge on any atom is 0.0491 e. The van der Waals surface area contributed by atoms with E-state index in [2.05, 4.69) is 81.1 Å². The van der Waals surface area contributed by atoms with Crippen molar-refractivity contribution in [3.63, 3.8) is 0 Å². The number of benzene rings is 2. The number of para-hydroxylation sites is 2. The van der Waals surface area contributed by atoms with Gasteiger partial charge in [0.05, 0.1) is 0 Å². The quantitative estimate of drug-likeness (QED) is 0.429. The highest BCUT2D eigenvalue weighted by Crippen LogP contribution is 2.29. The first kappa shape index (κ1) is 20.5. The molecule has 5 rings (SSSR count). The van der Waals surface area contributed by atoms with Crippen LogP contribution in [0.1, 0.15) is 32.1 Å². The molecule has 1 aliphatic heterocycles. The summed E-state index contributed by atoms with van der Waals surface area (Å²) >= 11 is 0. The highest BCUT2D eigenvalue weighted by molar-refractivity contribution is 6.07. The van der Waals surface area contributed by atoms with E-state index in [4.69, 9.17) is 0 Å². The maximum atomic E-state index is 2.67. The molecule has 3 heteroatoms. The van der Waals surface area contributed by atoms with Gasteiger partial charge in [0, 0.05) is 61.1 Å². The van der Waals surface area contributed by atoms with Gasteiger partial charge in [-0.05, 0) is 44.4 Å². The van der Waals surface area contributed by atoms with Crippen molar-refractivity contribution < 1.29 is 0 Å². The van der Waals surface area contributed by atoms with E-state index < -0.39 is 0 Å². The molecule has 1 aromatic heterocycles. The standard InChI is InChI=1S/C28H35N3/c1-3-11-24(12-4-1)23-30-21-19-29(20-22-30)17-9-2-10-18-31-27-15-7-5-13-25(27)26-14-6-8-16-28(26)31/h1,3,5-8,11,13-16H,2,4,9-10,12,17-23H2. The average molecular weight is 414 g/mol. The Hall–Kier alpha value is -2.36. The molecule has 1 fully saturated rings. The molecule has 2 aliphatic rings. The predicted molar refractivity (Wildman–Crippen MR) is 133 cm³/mol. The molecule has 31 heavy (non-hydrogen) atoms. The van der Waals surface area contributed by atoms with Crippen LogP contribution in [-0.2, 0) is 6.54 Å². The minimum Gasteiger partial charge on any atom is -0.340 e. The molecule has 0 atom stereocenters. The average Bonchev–Trinajstić information content (AvgIpc) is 3.15. The van der Waals surface area contributed by atoms with Crippen molar-refractivity contribution in [3.05, 3.63) is 72.3 Å². The van der Waals surface area contributed by atoms with Crippen LogP contribution in [0.3, 0.4) is 0 Å². The first-order valence-electron chi connectivity index (χ1n) is 12.1. The second-order valence-electron chi connectivity index (χ2n) is 9.16. The van der Waals surface area contributed by atoms with Gasteiger partial charge in [-0.2, -0.15) is 0 Å². The smallest absolute Gasteiger partial charge is 0.0491 e. The van der Waals surface area contributed by atoms with Crippen molar-refractivity contribution in [2.24, 2.45) is 0 Å². The molecule has 2 heterocycles. The molecule has 1 aliphatic carbocycles. The van der Waals surface area contributed by atoms with Gasteiger partial charge in [0.25, 0.3) is 0 Å². The minimum atomic E-state index is 1.12. The number of hydrogen-bond donors (Lipinski definition) is 0. The van der Waals surface area contributed by atoms with Crippen LogP contribution in [0.4, 0.5) is 0 Å². The number of nitrogens with zero attached hydrogens (tertiary/aromatic N) is 3. The molecule has 1 saturated heterocycles. The van der Waals surface area contributed by atoms with Crippen LogP contribution in [-0.4, -0.2) is 53.6 Å². The summed E-state index contributed by atoms with van der Waals surface area (Å²) in [4.78, 5) is 5.32. The SMILES string of the molecule is C1=CCCC(CN2CCN(CCCCCn3c4ccccc4c4ccccc43)CC2)=C1. The Bertz CT molecular complexity index is 1010. The fraction of sp³-hybridized carbons (Fsp3) is 0.429. The van der Waals surface area contributed by atoms with E-state index in [-0.39, 0.29) is 0 Å². The summed E-state index contributed by atoms with van der Waals surface area (Å²) in [6.07, 6.45) is 13.2. The third-order valence-corrected chi connectivity index (χ3v) is 7.03. The summed E-state index contributed by atoms with van der Waals surface area (Å²) in [5, 5.41) is 2.77. The van der Waals surface area contributed by atoms with Crippen molar-refractivity contribution in [2.45, 2.75) is 38.6 Å². The summed E-state index contributed by atoms with van der Waals surface area (Å²) in [5.74, 6) is 0. The molecule has 0 amide bonds. The summed E-state index contributed by atoms with van der Waals surface area (Å²) in [7, 11) is 0. The minimum absolute atomic E-state index is 1.12. The van der Waals surface area contributed by atoms with Crippen molar-refractivity contribution in [2.75, 3.05) is 39.3 Å². The van der Waals surface area contributed by atoms with E-state index in [0.29, 0.717) is 0 Å². The third kappa shape index (κ3) is 4.78. The Balaban J connectivity index is 1.07. The second kappa shape index (κ2) is 9.84. The largest absolute Gasteiger partial charge is 0.340 e.